The summed E-state index contributed by atoms with van der Waals surface area (Å²) in [6, 6.07) is 0. The Kier molecular flexibility index (Phi) is 4.21. The van der Waals surface area contributed by atoms with Gasteiger partial charge in [0.05, 0.1) is 11.7 Å². The molecule has 1 heterocycles. The molecular formula is C14H25BrO2. The Morgan fingerprint density at radius 2 is 2.06 bits per heavy atom. The van der Waals surface area contributed by atoms with Crippen molar-refractivity contribution in [2.24, 2.45) is 11.3 Å². The van der Waals surface area contributed by atoms with Crippen molar-refractivity contribution < 1.29 is 9.47 Å². The van der Waals surface area contributed by atoms with Crippen LogP contribution in [0.3, 0.4) is 0 Å². The number of alkyl halides is 1. The first kappa shape index (κ1) is 13.8. The molecule has 2 fully saturated rings. The minimum Gasteiger partial charge on any atom is -0.377 e. The van der Waals surface area contributed by atoms with Crippen molar-refractivity contribution in [2.45, 2.75) is 58.2 Å². The normalized spacial score (nSPS) is 34.2. The highest BCUT2D eigenvalue weighted by Crippen LogP contribution is 2.50. The van der Waals surface area contributed by atoms with Crippen LogP contribution in [-0.2, 0) is 9.47 Å². The number of hydrogen-bond acceptors (Lipinski definition) is 2. The van der Waals surface area contributed by atoms with E-state index in [0.29, 0.717) is 11.5 Å². The van der Waals surface area contributed by atoms with Crippen LogP contribution in [0.1, 0.15) is 46.5 Å². The van der Waals surface area contributed by atoms with Gasteiger partial charge in [0.25, 0.3) is 0 Å². The SMILES string of the molecule is CC(C)(C)OCCC1(CBr)CCOC1C1CC1. The first-order valence-corrected chi connectivity index (χ1v) is 7.91. The predicted octanol–water partition coefficient (Wildman–Crippen LogP) is 3.77. The van der Waals surface area contributed by atoms with Crippen LogP contribution in [0.4, 0.5) is 0 Å². The fraction of sp³-hybridized carbons (Fsp3) is 1.00. The molecule has 100 valence electrons. The lowest BCUT2D eigenvalue weighted by Crippen LogP contribution is -2.36. The van der Waals surface area contributed by atoms with Gasteiger partial charge < -0.3 is 9.47 Å². The van der Waals surface area contributed by atoms with Gasteiger partial charge in [-0.3, -0.25) is 0 Å². The van der Waals surface area contributed by atoms with Gasteiger partial charge in [-0.25, -0.2) is 0 Å². The lowest BCUT2D eigenvalue weighted by Gasteiger charge is -2.33. The summed E-state index contributed by atoms with van der Waals surface area (Å²) in [4.78, 5) is 0. The van der Waals surface area contributed by atoms with Gasteiger partial charge in [0, 0.05) is 24.0 Å². The maximum absolute atomic E-state index is 5.98. The quantitative estimate of drug-likeness (QED) is 0.720. The van der Waals surface area contributed by atoms with Gasteiger partial charge in [0.1, 0.15) is 0 Å². The molecule has 0 aromatic heterocycles. The van der Waals surface area contributed by atoms with Crippen molar-refractivity contribution in [2.75, 3.05) is 18.5 Å². The molecule has 0 amide bonds. The van der Waals surface area contributed by atoms with Crippen LogP contribution < -0.4 is 0 Å². The Labute approximate surface area is 114 Å². The molecule has 17 heavy (non-hydrogen) atoms. The number of rotatable bonds is 5. The third-order valence-electron chi connectivity index (χ3n) is 3.95. The third kappa shape index (κ3) is 3.45. The summed E-state index contributed by atoms with van der Waals surface area (Å²) < 4.78 is 11.9. The molecular weight excluding hydrogens is 280 g/mol. The summed E-state index contributed by atoms with van der Waals surface area (Å²) in [5.74, 6) is 0.824. The topological polar surface area (TPSA) is 18.5 Å². The van der Waals surface area contributed by atoms with Crippen molar-refractivity contribution in [1.29, 1.82) is 0 Å². The van der Waals surface area contributed by atoms with Crippen molar-refractivity contribution >= 4 is 15.9 Å². The largest absolute Gasteiger partial charge is 0.377 e. The van der Waals surface area contributed by atoms with Crippen molar-refractivity contribution in [1.82, 2.24) is 0 Å². The maximum atomic E-state index is 5.98. The van der Waals surface area contributed by atoms with Gasteiger partial charge in [-0.1, -0.05) is 15.9 Å². The molecule has 1 aliphatic carbocycles. The molecule has 1 saturated carbocycles. The summed E-state index contributed by atoms with van der Waals surface area (Å²) in [5, 5.41) is 1.05. The summed E-state index contributed by atoms with van der Waals surface area (Å²) in [6.45, 7) is 8.15. The van der Waals surface area contributed by atoms with E-state index in [1.165, 1.54) is 19.3 Å². The van der Waals surface area contributed by atoms with E-state index in [-0.39, 0.29) is 5.60 Å². The van der Waals surface area contributed by atoms with Gasteiger partial charge in [-0.15, -0.1) is 0 Å². The van der Waals surface area contributed by atoms with E-state index in [1.807, 2.05) is 0 Å². The second-order valence-electron chi connectivity index (χ2n) is 6.59. The second kappa shape index (κ2) is 5.18. The fourth-order valence-corrected chi connectivity index (χ4v) is 3.66. The zero-order valence-electron chi connectivity index (χ0n) is 11.3. The highest BCUT2D eigenvalue weighted by molar-refractivity contribution is 9.09. The number of ether oxygens (including phenoxy) is 2. The van der Waals surface area contributed by atoms with Crippen LogP contribution in [0.25, 0.3) is 0 Å². The Balaban J connectivity index is 1.89. The molecule has 1 saturated heterocycles. The van der Waals surface area contributed by atoms with E-state index in [9.17, 15) is 0 Å². The zero-order chi connectivity index (χ0) is 12.5. The Morgan fingerprint density at radius 3 is 2.59 bits per heavy atom. The van der Waals surface area contributed by atoms with Crippen LogP contribution in [0.15, 0.2) is 0 Å². The van der Waals surface area contributed by atoms with Gasteiger partial charge in [-0.2, -0.15) is 0 Å². The van der Waals surface area contributed by atoms with E-state index >= 15 is 0 Å². The first-order chi connectivity index (χ1) is 7.97. The van der Waals surface area contributed by atoms with Crippen molar-refractivity contribution in [3.8, 4) is 0 Å². The molecule has 1 aliphatic heterocycles. The molecule has 0 N–H and O–H groups in total. The maximum Gasteiger partial charge on any atom is 0.0669 e. The summed E-state index contributed by atoms with van der Waals surface area (Å²) >= 11 is 3.72. The summed E-state index contributed by atoms with van der Waals surface area (Å²) in [5.41, 5.74) is 0.300. The summed E-state index contributed by atoms with van der Waals surface area (Å²) in [6.07, 6.45) is 5.51. The number of halogens is 1. The van der Waals surface area contributed by atoms with Crippen LogP contribution >= 0.6 is 15.9 Å². The molecule has 2 nitrogen and oxygen atoms in total. The van der Waals surface area contributed by atoms with E-state index < -0.39 is 0 Å². The molecule has 2 rings (SSSR count). The fourth-order valence-electron chi connectivity index (χ4n) is 2.78. The molecule has 2 unspecified atom stereocenters. The van der Waals surface area contributed by atoms with Crippen LogP contribution in [0.5, 0.6) is 0 Å². The van der Waals surface area contributed by atoms with Crippen molar-refractivity contribution in [3.05, 3.63) is 0 Å². The average molecular weight is 305 g/mol. The van der Waals surface area contributed by atoms with Gasteiger partial charge in [-0.05, 0) is 52.4 Å². The molecule has 0 aromatic carbocycles. The molecule has 0 spiro atoms. The standard InChI is InChI=1S/C14H25BrO2/c1-13(2,3)17-9-7-14(10-15)6-8-16-12(14)11-4-5-11/h11-12H,4-10H2,1-3H3. The lowest BCUT2D eigenvalue weighted by molar-refractivity contribution is -0.0313. The third-order valence-corrected chi connectivity index (χ3v) is 5.07. The Morgan fingerprint density at radius 1 is 1.35 bits per heavy atom. The lowest BCUT2D eigenvalue weighted by atomic mass is 9.78. The van der Waals surface area contributed by atoms with E-state index in [4.69, 9.17) is 9.47 Å². The summed E-state index contributed by atoms with van der Waals surface area (Å²) in [7, 11) is 0. The zero-order valence-corrected chi connectivity index (χ0v) is 12.9. The molecule has 3 heteroatoms. The van der Waals surface area contributed by atoms with Gasteiger partial charge >= 0.3 is 0 Å². The monoisotopic (exact) mass is 304 g/mol. The minimum absolute atomic E-state index is 0.0258. The van der Waals surface area contributed by atoms with Crippen LogP contribution in [-0.4, -0.2) is 30.2 Å². The molecule has 0 radical (unpaired) electrons. The van der Waals surface area contributed by atoms with Crippen LogP contribution in [0.2, 0.25) is 0 Å². The molecule has 0 bridgehead atoms. The van der Waals surface area contributed by atoms with E-state index in [1.54, 1.807) is 0 Å². The van der Waals surface area contributed by atoms with Crippen molar-refractivity contribution in [3.63, 3.8) is 0 Å². The highest BCUT2D eigenvalue weighted by atomic mass is 79.9. The molecule has 2 atom stereocenters. The average Bonchev–Trinajstić information content (AvgIpc) is 2.99. The van der Waals surface area contributed by atoms with Gasteiger partial charge in [0.15, 0.2) is 0 Å². The van der Waals surface area contributed by atoms with Crippen LogP contribution in [0, 0.1) is 11.3 Å². The molecule has 0 aromatic rings. The Hall–Kier alpha value is 0.400. The number of hydrogen-bond donors (Lipinski definition) is 0. The smallest absolute Gasteiger partial charge is 0.0669 e. The Bertz CT molecular complexity index is 257. The molecule has 2 aliphatic rings. The highest BCUT2D eigenvalue weighted by Gasteiger charge is 2.50. The predicted molar refractivity (Wildman–Crippen MR) is 73.6 cm³/mol. The second-order valence-corrected chi connectivity index (χ2v) is 7.15. The van der Waals surface area contributed by atoms with E-state index in [2.05, 4.69) is 36.7 Å². The van der Waals surface area contributed by atoms with E-state index in [0.717, 1.165) is 30.9 Å². The first-order valence-electron chi connectivity index (χ1n) is 6.78. The minimum atomic E-state index is -0.0258. The van der Waals surface area contributed by atoms with Gasteiger partial charge in [0.2, 0.25) is 0 Å².